The fourth-order valence-corrected chi connectivity index (χ4v) is 3.48. The molecule has 0 aromatic heterocycles. The van der Waals surface area contributed by atoms with Crippen LogP contribution < -0.4 is 10.1 Å². The predicted molar refractivity (Wildman–Crippen MR) is 105 cm³/mol. The van der Waals surface area contributed by atoms with Crippen molar-refractivity contribution < 1.29 is 9.53 Å². The second-order valence-electron chi connectivity index (χ2n) is 7.11. The van der Waals surface area contributed by atoms with Crippen molar-refractivity contribution in [2.75, 3.05) is 6.54 Å². The summed E-state index contributed by atoms with van der Waals surface area (Å²) in [4.78, 5) is 12.0. The Labute approximate surface area is 156 Å². The van der Waals surface area contributed by atoms with E-state index in [9.17, 15) is 4.79 Å². The van der Waals surface area contributed by atoms with E-state index in [2.05, 4.69) is 41.7 Å². The average Bonchev–Trinajstić information content (AvgIpc) is 3.18. The van der Waals surface area contributed by atoms with Gasteiger partial charge in [0.05, 0.1) is 6.10 Å². The van der Waals surface area contributed by atoms with Gasteiger partial charge in [-0.2, -0.15) is 0 Å². The highest BCUT2D eigenvalue weighted by Gasteiger charge is 2.16. The number of aryl methyl sites for hydroxylation is 2. The van der Waals surface area contributed by atoms with Crippen LogP contribution in [-0.4, -0.2) is 18.6 Å². The summed E-state index contributed by atoms with van der Waals surface area (Å²) >= 11 is 0. The Morgan fingerprint density at radius 2 is 1.73 bits per heavy atom. The van der Waals surface area contributed by atoms with E-state index in [1.54, 1.807) is 0 Å². The van der Waals surface area contributed by atoms with Gasteiger partial charge in [0, 0.05) is 13.0 Å². The molecule has 2 aromatic rings. The van der Waals surface area contributed by atoms with Gasteiger partial charge in [-0.1, -0.05) is 42.5 Å². The van der Waals surface area contributed by atoms with Crippen LogP contribution in [0.2, 0.25) is 0 Å². The zero-order valence-electron chi connectivity index (χ0n) is 15.5. The first-order chi connectivity index (χ1) is 12.8. The van der Waals surface area contributed by atoms with Gasteiger partial charge in [-0.3, -0.25) is 4.79 Å². The van der Waals surface area contributed by atoms with E-state index in [0.29, 0.717) is 12.5 Å². The lowest BCUT2D eigenvalue weighted by Gasteiger charge is -2.13. The molecule has 0 saturated heterocycles. The largest absolute Gasteiger partial charge is 0.490 e. The van der Waals surface area contributed by atoms with Gasteiger partial charge in [-0.05, 0) is 68.2 Å². The number of rotatable bonds is 9. The van der Waals surface area contributed by atoms with Crippen LogP contribution in [0.5, 0.6) is 5.75 Å². The van der Waals surface area contributed by atoms with Crippen molar-refractivity contribution in [1.82, 2.24) is 5.32 Å². The SMILES string of the molecule is O=C(CCc1cccc(OC2CCCC2)c1)NCCCc1ccccc1. The summed E-state index contributed by atoms with van der Waals surface area (Å²) < 4.78 is 6.04. The van der Waals surface area contributed by atoms with Crippen LogP contribution >= 0.6 is 0 Å². The fourth-order valence-electron chi connectivity index (χ4n) is 3.48. The molecule has 3 rings (SSSR count). The lowest BCUT2D eigenvalue weighted by molar-refractivity contribution is -0.121. The monoisotopic (exact) mass is 351 g/mol. The number of carbonyl (C=O) groups excluding carboxylic acids is 1. The lowest BCUT2D eigenvalue weighted by atomic mass is 10.1. The fraction of sp³-hybridized carbons (Fsp3) is 0.435. The Balaban J connectivity index is 1.34. The van der Waals surface area contributed by atoms with Crippen LogP contribution in [0.3, 0.4) is 0 Å². The Bertz CT molecular complexity index is 678. The van der Waals surface area contributed by atoms with Crippen LogP contribution in [0.25, 0.3) is 0 Å². The zero-order valence-corrected chi connectivity index (χ0v) is 15.5. The third-order valence-corrected chi connectivity index (χ3v) is 4.95. The highest BCUT2D eigenvalue weighted by molar-refractivity contribution is 5.76. The number of carbonyl (C=O) groups is 1. The molecule has 1 aliphatic carbocycles. The van der Waals surface area contributed by atoms with E-state index < -0.39 is 0 Å². The van der Waals surface area contributed by atoms with Gasteiger partial charge >= 0.3 is 0 Å². The number of nitrogens with one attached hydrogen (secondary N) is 1. The molecule has 2 aromatic carbocycles. The minimum atomic E-state index is 0.125. The van der Waals surface area contributed by atoms with Crippen LogP contribution in [0.15, 0.2) is 54.6 Å². The van der Waals surface area contributed by atoms with E-state index in [1.165, 1.54) is 24.0 Å². The quantitative estimate of drug-likeness (QED) is 0.666. The molecule has 1 fully saturated rings. The third-order valence-electron chi connectivity index (χ3n) is 4.95. The summed E-state index contributed by atoms with van der Waals surface area (Å²) in [5.41, 5.74) is 2.49. The summed E-state index contributed by atoms with van der Waals surface area (Å²) in [6, 6.07) is 18.6. The standard InChI is InChI=1S/C23H29NO2/c25-23(24-17-7-11-19-8-2-1-3-9-19)16-15-20-10-6-14-22(18-20)26-21-12-4-5-13-21/h1-3,6,8-10,14,18,21H,4-5,7,11-13,15-17H2,(H,24,25). The van der Waals surface area contributed by atoms with Crippen molar-refractivity contribution in [2.24, 2.45) is 0 Å². The molecule has 1 saturated carbocycles. The molecule has 3 nitrogen and oxygen atoms in total. The maximum absolute atomic E-state index is 12.0. The first kappa shape index (κ1) is 18.5. The van der Waals surface area contributed by atoms with Crippen molar-refractivity contribution in [1.29, 1.82) is 0 Å². The molecule has 0 spiro atoms. The van der Waals surface area contributed by atoms with Crippen molar-refractivity contribution in [2.45, 2.75) is 57.5 Å². The first-order valence-corrected chi connectivity index (χ1v) is 9.86. The van der Waals surface area contributed by atoms with Gasteiger partial charge in [0.1, 0.15) is 5.75 Å². The molecule has 1 amide bonds. The van der Waals surface area contributed by atoms with E-state index in [-0.39, 0.29) is 5.91 Å². The van der Waals surface area contributed by atoms with E-state index in [4.69, 9.17) is 4.74 Å². The van der Waals surface area contributed by atoms with Crippen LogP contribution in [-0.2, 0) is 17.6 Å². The summed E-state index contributed by atoms with van der Waals surface area (Å²) in [5, 5.41) is 3.03. The molecule has 0 unspecified atom stereocenters. The summed E-state index contributed by atoms with van der Waals surface area (Å²) in [6.45, 7) is 0.735. The van der Waals surface area contributed by atoms with Gasteiger partial charge < -0.3 is 10.1 Å². The van der Waals surface area contributed by atoms with Crippen molar-refractivity contribution in [3.63, 3.8) is 0 Å². The second-order valence-corrected chi connectivity index (χ2v) is 7.11. The average molecular weight is 351 g/mol. The van der Waals surface area contributed by atoms with Gasteiger partial charge in [-0.15, -0.1) is 0 Å². The smallest absolute Gasteiger partial charge is 0.220 e. The summed E-state index contributed by atoms with van der Waals surface area (Å²) in [6.07, 6.45) is 8.50. The molecule has 0 radical (unpaired) electrons. The molecular formula is C23H29NO2. The second kappa shape index (κ2) is 10.0. The number of hydrogen-bond donors (Lipinski definition) is 1. The first-order valence-electron chi connectivity index (χ1n) is 9.86. The molecular weight excluding hydrogens is 322 g/mol. The minimum absolute atomic E-state index is 0.125. The molecule has 0 bridgehead atoms. The molecule has 26 heavy (non-hydrogen) atoms. The highest BCUT2D eigenvalue weighted by atomic mass is 16.5. The Kier molecular flexibility index (Phi) is 7.12. The molecule has 0 aliphatic heterocycles. The van der Waals surface area contributed by atoms with Crippen LogP contribution in [0.1, 0.15) is 49.7 Å². The van der Waals surface area contributed by atoms with Gasteiger partial charge in [0.2, 0.25) is 5.91 Å². The normalized spacial score (nSPS) is 14.3. The van der Waals surface area contributed by atoms with Gasteiger partial charge in [-0.25, -0.2) is 0 Å². The van der Waals surface area contributed by atoms with Crippen LogP contribution in [0.4, 0.5) is 0 Å². The van der Waals surface area contributed by atoms with Crippen molar-refractivity contribution in [3.05, 3.63) is 65.7 Å². The van der Waals surface area contributed by atoms with Gasteiger partial charge in [0.25, 0.3) is 0 Å². The third kappa shape index (κ3) is 6.21. The Morgan fingerprint density at radius 1 is 0.962 bits per heavy atom. The van der Waals surface area contributed by atoms with Crippen molar-refractivity contribution in [3.8, 4) is 5.75 Å². The van der Waals surface area contributed by atoms with E-state index >= 15 is 0 Å². The molecule has 138 valence electrons. The molecule has 1 N–H and O–H groups in total. The number of benzene rings is 2. The van der Waals surface area contributed by atoms with E-state index in [1.807, 2.05) is 18.2 Å². The van der Waals surface area contributed by atoms with Gasteiger partial charge in [0.15, 0.2) is 0 Å². The number of amides is 1. The van der Waals surface area contributed by atoms with Crippen LogP contribution in [0, 0.1) is 0 Å². The Morgan fingerprint density at radius 3 is 2.54 bits per heavy atom. The molecule has 3 heteroatoms. The molecule has 1 aliphatic rings. The van der Waals surface area contributed by atoms with E-state index in [0.717, 1.165) is 44.4 Å². The predicted octanol–water partition coefficient (Wildman–Crippen LogP) is 4.69. The maximum Gasteiger partial charge on any atom is 0.220 e. The highest BCUT2D eigenvalue weighted by Crippen LogP contribution is 2.24. The minimum Gasteiger partial charge on any atom is -0.490 e. The number of hydrogen-bond acceptors (Lipinski definition) is 2. The van der Waals surface area contributed by atoms with Crippen molar-refractivity contribution >= 4 is 5.91 Å². The summed E-state index contributed by atoms with van der Waals surface area (Å²) in [7, 11) is 0. The Hall–Kier alpha value is -2.29. The topological polar surface area (TPSA) is 38.3 Å². The zero-order chi connectivity index (χ0) is 18.0. The number of ether oxygens (including phenoxy) is 1. The molecule has 0 atom stereocenters. The molecule has 0 heterocycles. The summed E-state index contributed by atoms with van der Waals surface area (Å²) in [5.74, 6) is 1.07. The maximum atomic E-state index is 12.0. The lowest BCUT2D eigenvalue weighted by Crippen LogP contribution is -2.25.